The van der Waals surface area contributed by atoms with Crippen LogP contribution >= 0.6 is 27.3 Å². The number of nitrogens with zero attached hydrogens (tertiary/aromatic N) is 2. The van der Waals surface area contributed by atoms with E-state index in [1.165, 1.54) is 11.3 Å². The van der Waals surface area contributed by atoms with E-state index in [1.807, 2.05) is 19.1 Å². The number of thiazole rings is 1. The predicted molar refractivity (Wildman–Crippen MR) is 73.7 cm³/mol. The van der Waals surface area contributed by atoms with E-state index in [2.05, 4.69) is 25.9 Å². The number of hydrogen-bond acceptors (Lipinski definition) is 5. The number of carbonyl (C=O) groups excluding carboxylic acids is 1. The van der Waals surface area contributed by atoms with E-state index in [-0.39, 0.29) is 0 Å². The van der Waals surface area contributed by atoms with Gasteiger partial charge in [-0.15, -0.1) is 11.3 Å². The molecule has 0 N–H and O–H groups in total. The van der Waals surface area contributed by atoms with Crippen LogP contribution in [0.2, 0.25) is 0 Å². The number of esters is 1. The van der Waals surface area contributed by atoms with Gasteiger partial charge in [-0.3, -0.25) is 0 Å². The number of aryl methyl sites for hydroxylation is 1. The second-order valence-corrected chi connectivity index (χ2v) is 5.23. The molecule has 0 atom stereocenters. The Kier molecular flexibility index (Phi) is 4.08. The summed E-state index contributed by atoms with van der Waals surface area (Å²) in [6.45, 7) is 4.07. The molecule has 0 aliphatic rings. The normalized spacial score (nSPS) is 10.4. The lowest BCUT2D eigenvalue weighted by atomic mass is 10.2. The molecule has 94 valence electrons. The lowest BCUT2D eigenvalue weighted by Gasteiger charge is -2.01. The second kappa shape index (κ2) is 5.58. The summed E-state index contributed by atoms with van der Waals surface area (Å²) in [7, 11) is 0. The highest BCUT2D eigenvalue weighted by Gasteiger charge is 2.14. The molecule has 6 heteroatoms. The molecule has 0 saturated carbocycles. The topological polar surface area (TPSA) is 52.1 Å². The molecule has 2 heterocycles. The van der Waals surface area contributed by atoms with Crippen LogP contribution in [0.4, 0.5) is 0 Å². The maximum absolute atomic E-state index is 11.5. The summed E-state index contributed by atoms with van der Waals surface area (Å²) in [5.41, 5.74) is 2.13. The minimum atomic E-state index is -0.396. The minimum Gasteiger partial charge on any atom is -0.461 e. The van der Waals surface area contributed by atoms with Crippen molar-refractivity contribution in [1.82, 2.24) is 9.97 Å². The van der Waals surface area contributed by atoms with Gasteiger partial charge in [0.25, 0.3) is 0 Å². The van der Waals surface area contributed by atoms with E-state index in [9.17, 15) is 4.79 Å². The van der Waals surface area contributed by atoms with Crippen LogP contribution in [0.5, 0.6) is 0 Å². The molecule has 0 unspecified atom stereocenters. The van der Waals surface area contributed by atoms with E-state index >= 15 is 0 Å². The van der Waals surface area contributed by atoms with E-state index in [0.29, 0.717) is 12.3 Å². The summed E-state index contributed by atoms with van der Waals surface area (Å²) in [6, 6.07) is 3.83. The van der Waals surface area contributed by atoms with Gasteiger partial charge in [-0.1, -0.05) is 6.07 Å². The number of rotatable bonds is 3. The zero-order valence-electron chi connectivity index (χ0n) is 9.94. The molecule has 4 nitrogen and oxygen atoms in total. The Bertz CT molecular complexity index is 583. The highest BCUT2D eigenvalue weighted by atomic mass is 79.9. The monoisotopic (exact) mass is 326 g/mol. The molecule has 0 aromatic carbocycles. The Morgan fingerprint density at radius 2 is 2.22 bits per heavy atom. The number of pyridine rings is 1. The van der Waals surface area contributed by atoms with E-state index in [4.69, 9.17) is 4.74 Å². The first-order chi connectivity index (χ1) is 8.61. The predicted octanol–water partition coefficient (Wildman–Crippen LogP) is 3.45. The zero-order valence-corrected chi connectivity index (χ0v) is 12.3. The van der Waals surface area contributed by atoms with E-state index in [0.717, 1.165) is 20.9 Å². The van der Waals surface area contributed by atoms with Crippen molar-refractivity contribution < 1.29 is 9.53 Å². The van der Waals surface area contributed by atoms with Crippen molar-refractivity contribution in [2.45, 2.75) is 13.8 Å². The summed E-state index contributed by atoms with van der Waals surface area (Å²) in [5.74, 6) is -0.396. The molecule has 2 aromatic rings. The van der Waals surface area contributed by atoms with Crippen LogP contribution in [0.3, 0.4) is 0 Å². The zero-order chi connectivity index (χ0) is 13.1. The van der Waals surface area contributed by atoms with Gasteiger partial charge in [0.2, 0.25) is 0 Å². The van der Waals surface area contributed by atoms with Crippen molar-refractivity contribution in [1.29, 1.82) is 0 Å². The maximum Gasteiger partial charge on any atom is 0.357 e. The van der Waals surface area contributed by atoms with Crippen LogP contribution in [0.15, 0.2) is 22.1 Å². The Morgan fingerprint density at radius 3 is 2.94 bits per heavy atom. The average molecular weight is 327 g/mol. The fraction of sp³-hybridized carbons (Fsp3) is 0.250. The quantitative estimate of drug-likeness (QED) is 0.640. The first-order valence-corrected chi connectivity index (χ1v) is 7.05. The Hall–Kier alpha value is -1.27. The first-order valence-electron chi connectivity index (χ1n) is 5.38. The van der Waals surface area contributed by atoms with E-state index < -0.39 is 5.97 Å². The fourth-order valence-corrected chi connectivity index (χ4v) is 2.55. The number of halogens is 1. The molecule has 0 radical (unpaired) electrons. The molecule has 2 rings (SSSR count). The van der Waals surface area contributed by atoms with Gasteiger partial charge in [0.15, 0.2) is 5.69 Å². The number of aromatic nitrogens is 2. The Balaban J connectivity index is 2.35. The molecular weight excluding hydrogens is 316 g/mol. The van der Waals surface area contributed by atoms with Crippen molar-refractivity contribution in [2.75, 3.05) is 6.61 Å². The number of carbonyl (C=O) groups is 1. The Morgan fingerprint density at radius 1 is 1.44 bits per heavy atom. The second-order valence-electron chi connectivity index (χ2n) is 3.56. The summed E-state index contributed by atoms with van der Waals surface area (Å²) < 4.78 is 5.65. The number of hydrogen-bond donors (Lipinski definition) is 0. The van der Waals surface area contributed by atoms with Gasteiger partial charge in [-0.25, -0.2) is 14.8 Å². The summed E-state index contributed by atoms with van der Waals surface area (Å²) >= 11 is 4.71. The third kappa shape index (κ3) is 2.76. The van der Waals surface area contributed by atoms with Crippen LogP contribution in [0.1, 0.15) is 23.0 Å². The number of ether oxygens (including phenoxy) is 1. The third-order valence-electron chi connectivity index (χ3n) is 2.25. The van der Waals surface area contributed by atoms with Gasteiger partial charge >= 0.3 is 5.97 Å². The van der Waals surface area contributed by atoms with Gasteiger partial charge in [-0.2, -0.15) is 0 Å². The largest absolute Gasteiger partial charge is 0.461 e. The summed E-state index contributed by atoms with van der Waals surface area (Å²) in [5, 5.41) is 2.41. The molecule has 0 spiro atoms. The lowest BCUT2D eigenvalue weighted by Crippen LogP contribution is -2.04. The van der Waals surface area contributed by atoms with Crippen LogP contribution < -0.4 is 0 Å². The van der Waals surface area contributed by atoms with Gasteiger partial charge in [0.1, 0.15) is 15.3 Å². The first kappa shape index (κ1) is 13.2. The minimum absolute atomic E-state index is 0.332. The molecule has 0 saturated heterocycles. The lowest BCUT2D eigenvalue weighted by molar-refractivity contribution is 0.0520. The molecule has 0 aliphatic carbocycles. The molecule has 0 amide bonds. The third-order valence-corrected chi connectivity index (χ3v) is 3.54. The van der Waals surface area contributed by atoms with Gasteiger partial charge < -0.3 is 4.74 Å². The molecule has 2 aromatic heterocycles. The van der Waals surface area contributed by atoms with Gasteiger partial charge in [0, 0.05) is 5.38 Å². The molecular formula is C12H11BrN2O2S. The fourth-order valence-electron chi connectivity index (χ4n) is 1.40. The molecule has 0 aliphatic heterocycles. The Labute approximate surface area is 117 Å². The van der Waals surface area contributed by atoms with Crippen molar-refractivity contribution in [2.24, 2.45) is 0 Å². The van der Waals surface area contributed by atoms with Crippen molar-refractivity contribution in [3.63, 3.8) is 0 Å². The van der Waals surface area contributed by atoms with Gasteiger partial charge in [0.05, 0.1) is 6.61 Å². The smallest absolute Gasteiger partial charge is 0.357 e. The maximum atomic E-state index is 11.5. The molecule has 0 bridgehead atoms. The van der Waals surface area contributed by atoms with Crippen LogP contribution in [-0.2, 0) is 4.74 Å². The highest BCUT2D eigenvalue weighted by molar-refractivity contribution is 9.10. The summed E-state index contributed by atoms with van der Waals surface area (Å²) in [4.78, 5) is 20.2. The molecule has 0 fully saturated rings. The van der Waals surface area contributed by atoms with E-state index in [1.54, 1.807) is 12.3 Å². The average Bonchev–Trinajstić information content (AvgIpc) is 2.82. The standard InChI is InChI=1S/C12H11BrN2O2S/c1-3-17-12(16)8-6-18-11(14-8)10-7(2)4-5-9(13)15-10/h4-6H,3H2,1-2H3. The van der Waals surface area contributed by atoms with Crippen LogP contribution in [-0.4, -0.2) is 22.5 Å². The van der Waals surface area contributed by atoms with Gasteiger partial charge in [-0.05, 0) is 41.4 Å². The van der Waals surface area contributed by atoms with Crippen molar-refractivity contribution in [3.05, 3.63) is 33.4 Å². The van der Waals surface area contributed by atoms with Crippen molar-refractivity contribution >= 4 is 33.2 Å². The SMILES string of the molecule is CCOC(=O)c1csc(-c2nc(Br)ccc2C)n1. The summed E-state index contributed by atoms with van der Waals surface area (Å²) in [6.07, 6.45) is 0. The van der Waals surface area contributed by atoms with Crippen LogP contribution in [0.25, 0.3) is 10.7 Å². The van der Waals surface area contributed by atoms with Crippen LogP contribution in [0, 0.1) is 6.92 Å². The van der Waals surface area contributed by atoms with Crippen molar-refractivity contribution in [3.8, 4) is 10.7 Å². The highest BCUT2D eigenvalue weighted by Crippen LogP contribution is 2.26. The molecule has 18 heavy (non-hydrogen) atoms.